The molecule has 2 N–H and O–H groups in total. The van der Waals surface area contributed by atoms with Gasteiger partial charge in [0.25, 0.3) is 5.91 Å². The zero-order valence-corrected chi connectivity index (χ0v) is 14.3. The maximum atomic E-state index is 14.6. The summed E-state index contributed by atoms with van der Waals surface area (Å²) in [5, 5.41) is 5.79. The van der Waals surface area contributed by atoms with Crippen molar-refractivity contribution in [3.05, 3.63) is 52.6 Å². The summed E-state index contributed by atoms with van der Waals surface area (Å²) in [6, 6.07) is 4.91. The first-order valence-electron chi connectivity index (χ1n) is 7.47. The van der Waals surface area contributed by atoms with E-state index in [0.717, 1.165) is 12.1 Å². The fourth-order valence-corrected chi connectivity index (χ4v) is 2.80. The van der Waals surface area contributed by atoms with Gasteiger partial charge in [0.15, 0.2) is 5.78 Å². The number of rotatable bonds is 3. The molecule has 0 saturated heterocycles. The molecule has 0 spiro atoms. The number of aromatic nitrogens is 1. The summed E-state index contributed by atoms with van der Waals surface area (Å²) in [6.45, 7) is 2.80. The number of carbonyl (C=O) groups is 2. The molecule has 1 amide bonds. The monoisotopic (exact) mass is 351 g/mol. The van der Waals surface area contributed by atoms with E-state index in [9.17, 15) is 14.0 Å². The Kier molecular flexibility index (Phi) is 5.41. The molecule has 5 nitrogen and oxygen atoms in total. The molecule has 3 rings (SSSR count). The minimum absolute atomic E-state index is 0. The Morgan fingerprint density at radius 3 is 2.75 bits per heavy atom. The standard InChI is InChI=1S/C17H18FN3O2.ClH/c1-10(22)12-7-15(21(2)9-12)17(23)20-14-4-3-11-8-19-6-5-13(11)16(14)18;/h3-4,7,9,19H,5-6,8H2,1-2H3,(H,20,23);1H. The number of carbonyl (C=O) groups excluding carboxylic acids is 2. The van der Waals surface area contributed by atoms with Crippen LogP contribution in [0.4, 0.5) is 10.1 Å². The molecule has 0 bridgehead atoms. The minimum atomic E-state index is -0.437. The average Bonchev–Trinajstić information content (AvgIpc) is 2.92. The van der Waals surface area contributed by atoms with Gasteiger partial charge in [0.05, 0.1) is 5.69 Å². The van der Waals surface area contributed by atoms with Gasteiger partial charge in [-0.15, -0.1) is 12.4 Å². The molecule has 1 aromatic carbocycles. The third-order valence-electron chi connectivity index (χ3n) is 4.10. The van der Waals surface area contributed by atoms with E-state index in [1.807, 2.05) is 6.07 Å². The summed E-state index contributed by atoms with van der Waals surface area (Å²) in [7, 11) is 1.68. The van der Waals surface area contributed by atoms with E-state index in [1.165, 1.54) is 13.0 Å². The number of anilines is 1. The summed E-state index contributed by atoms with van der Waals surface area (Å²) in [6.07, 6.45) is 2.19. The number of nitrogens with one attached hydrogen (secondary N) is 2. The quantitative estimate of drug-likeness (QED) is 0.836. The van der Waals surface area contributed by atoms with Crippen LogP contribution in [0.5, 0.6) is 0 Å². The number of Topliss-reactive ketones (excluding diaryl/α,β-unsaturated/α-hetero) is 1. The number of halogens is 2. The van der Waals surface area contributed by atoms with Crippen molar-refractivity contribution in [3.8, 4) is 0 Å². The lowest BCUT2D eigenvalue weighted by Crippen LogP contribution is -2.25. The Bertz CT molecular complexity index is 801. The smallest absolute Gasteiger partial charge is 0.272 e. The molecule has 128 valence electrons. The molecular formula is C17H19ClFN3O2. The fourth-order valence-electron chi connectivity index (χ4n) is 2.80. The van der Waals surface area contributed by atoms with Crippen molar-refractivity contribution >= 4 is 29.8 Å². The van der Waals surface area contributed by atoms with Crippen molar-refractivity contribution in [2.75, 3.05) is 11.9 Å². The van der Waals surface area contributed by atoms with Gasteiger partial charge in [-0.05, 0) is 43.1 Å². The van der Waals surface area contributed by atoms with Crippen LogP contribution < -0.4 is 10.6 Å². The first-order valence-corrected chi connectivity index (χ1v) is 7.47. The molecule has 1 aliphatic heterocycles. The number of fused-ring (bicyclic) bond motifs is 1. The molecule has 0 unspecified atom stereocenters. The van der Waals surface area contributed by atoms with E-state index in [0.29, 0.717) is 29.8 Å². The summed E-state index contributed by atoms with van der Waals surface area (Å²) < 4.78 is 16.1. The largest absolute Gasteiger partial charge is 0.346 e. The second-order valence-electron chi connectivity index (χ2n) is 5.73. The van der Waals surface area contributed by atoms with Crippen molar-refractivity contribution in [3.63, 3.8) is 0 Å². The van der Waals surface area contributed by atoms with Gasteiger partial charge in [0.1, 0.15) is 11.5 Å². The SMILES string of the molecule is CC(=O)c1cc(C(=O)Nc2ccc3c(c2F)CCNC3)n(C)c1.Cl. The zero-order valence-electron chi connectivity index (χ0n) is 13.5. The Morgan fingerprint density at radius 1 is 1.33 bits per heavy atom. The van der Waals surface area contributed by atoms with Crippen LogP contribution in [0.2, 0.25) is 0 Å². The molecule has 0 aliphatic carbocycles. The molecule has 0 radical (unpaired) electrons. The van der Waals surface area contributed by atoms with Gasteiger partial charge in [0.2, 0.25) is 0 Å². The lowest BCUT2D eigenvalue weighted by molar-refractivity contribution is 0.101. The number of benzene rings is 1. The van der Waals surface area contributed by atoms with E-state index >= 15 is 0 Å². The Labute approximate surface area is 145 Å². The molecular weight excluding hydrogens is 333 g/mol. The van der Waals surface area contributed by atoms with Gasteiger partial charge in [-0.25, -0.2) is 4.39 Å². The molecule has 1 aliphatic rings. The third-order valence-corrected chi connectivity index (χ3v) is 4.10. The van der Waals surface area contributed by atoms with Crippen LogP contribution in [0.1, 0.15) is 38.9 Å². The van der Waals surface area contributed by atoms with Crippen molar-refractivity contribution < 1.29 is 14.0 Å². The fraction of sp³-hybridized carbons (Fsp3) is 0.294. The molecule has 0 atom stereocenters. The first-order chi connectivity index (χ1) is 11.0. The highest BCUT2D eigenvalue weighted by molar-refractivity contribution is 6.05. The normalized spacial score (nSPS) is 13.0. The predicted molar refractivity (Wildman–Crippen MR) is 92.4 cm³/mol. The van der Waals surface area contributed by atoms with Gasteiger partial charge in [-0.3, -0.25) is 9.59 Å². The highest BCUT2D eigenvalue weighted by Crippen LogP contribution is 2.25. The molecule has 7 heteroatoms. The Morgan fingerprint density at radius 2 is 2.08 bits per heavy atom. The molecule has 2 aromatic rings. The van der Waals surface area contributed by atoms with Crippen LogP contribution in [0, 0.1) is 5.82 Å². The molecule has 0 fully saturated rings. The van der Waals surface area contributed by atoms with Crippen molar-refractivity contribution in [1.82, 2.24) is 9.88 Å². The van der Waals surface area contributed by atoms with Crippen LogP contribution in [0.25, 0.3) is 0 Å². The summed E-state index contributed by atoms with van der Waals surface area (Å²) in [4.78, 5) is 23.8. The highest BCUT2D eigenvalue weighted by atomic mass is 35.5. The average molecular weight is 352 g/mol. The zero-order chi connectivity index (χ0) is 16.6. The van der Waals surface area contributed by atoms with Crippen LogP contribution >= 0.6 is 12.4 Å². The molecule has 0 saturated carbocycles. The lowest BCUT2D eigenvalue weighted by atomic mass is 9.99. The van der Waals surface area contributed by atoms with Crippen LogP contribution in [-0.2, 0) is 20.0 Å². The number of hydrogen-bond acceptors (Lipinski definition) is 3. The van der Waals surface area contributed by atoms with E-state index in [1.54, 1.807) is 23.9 Å². The second-order valence-corrected chi connectivity index (χ2v) is 5.73. The summed E-state index contributed by atoms with van der Waals surface area (Å²) in [5.41, 5.74) is 2.51. The van der Waals surface area contributed by atoms with Gasteiger partial charge in [-0.2, -0.15) is 0 Å². The van der Waals surface area contributed by atoms with Crippen molar-refractivity contribution in [2.24, 2.45) is 7.05 Å². The third kappa shape index (κ3) is 3.34. The minimum Gasteiger partial charge on any atom is -0.346 e. The van der Waals surface area contributed by atoms with E-state index in [-0.39, 0.29) is 29.7 Å². The van der Waals surface area contributed by atoms with Crippen molar-refractivity contribution in [1.29, 1.82) is 0 Å². The van der Waals surface area contributed by atoms with E-state index in [4.69, 9.17) is 0 Å². The van der Waals surface area contributed by atoms with E-state index in [2.05, 4.69) is 10.6 Å². The lowest BCUT2D eigenvalue weighted by Gasteiger charge is -2.19. The molecule has 2 heterocycles. The molecule has 24 heavy (non-hydrogen) atoms. The number of hydrogen-bond donors (Lipinski definition) is 2. The maximum absolute atomic E-state index is 14.6. The highest BCUT2D eigenvalue weighted by Gasteiger charge is 2.19. The topological polar surface area (TPSA) is 63.1 Å². The number of amides is 1. The first kappa shape index (κ1) is 18.2. The number of nitrogens with zero attached hydrogens (tertiary/aromatic N) is 1. The van der Waals surface area contributed by atoms with Gasteiger partial charge in [0, 0.05) is 25.4 Å². The molecule has 1 aromatic heterocycles. The summed E-state index contributed by atoms with van der Waals surface area (Å²) >= 11 is 0. The van der Waals surface area contributed by atoms with Crippen LogP contribution in [-0.4, -0.2) is 22.8 Å². The van der Waals surface area contributed by atoms with Gasteiger partial charge >= 0.3 is 0 Å². The second kappa shape index (κ2) is 7.15. The van der Waals surface area contributed by atoms with Crippen LogP contribution in [0.3, 0.4) is 0 Å². The Balaban J connectivity index is 0.00000208. The Hall–Kier alpha value is -2.18. The number of ketones is 1. The number of aryl methyl sites for hydroxylation is 1. The summed E-state index contributed by atoms with van der Waals surface area (Å²) in [5.74, 6) is -0.932. The maximum Gasteiger partial charge on any atom is 0.272 e. The van der Waals surface area contributed by atoms with Gasteiger partial charge in [-0.1, -0.05) is 6.07 Å². The van der Waals surface area contributed by atoms with Crippen LogP contribution in [0.15, 0.2) is 24.4 Å². The van der Waals surface area contributed by atoms with Crippen molar-refractivity contribution in [2.45, 2.75) is 19.9 Å². The van der Waals surface area contributed by atoms with Gasteiger partial charge < -0.3 is 15.2 Å². The predicted octanol–water partition coefficient (Wildman–Crippen LogP) is 2.69. The van der Waals surface area contributed by atoms with E-state index < -0.39 is 5.91 Å².